The van der Waals surface area contributed by atoms with Crippen molar-refractivity contribution < 1.29 is 9.90 Å². The van der Waals surface area contributed by atoms with Crippen LogP contribution in [-0.4, -0.2) is 48.2 Å². The Morgan fingerprint density at radius 2 is 2.21 bits per heavy atom. The number of amides is 1. The lowest BCUT2D eigenvalue weighted by molar-refractivity contribution is -0.122. The van der Waals surface area contributed by atoms with E-state index in [0.29, 0.717) is 25.6 Å². The minimum absolute atomic E-state index is 0.0388. The van der Waals surface area contributed by atoms with Gasteiger partial charge in [0.2, 0.25) is 5.91 Å². The topological polar surface area (TPSA) is 52.6 Å². The SMILES string of the molecule is CC(CNC(=O)CN1CCC(O)C1)c1ccccc1. The van der Waals surface area contributed by atoms with Gasteiger partial charge in [-0.3, -0.25) is 9.69 Å². The van der Waals surface area contributed by atoms with Crippen LogP contribution in [0, 0.1) is 0 Å². The van der Waals surface area contributed by atoms with Crippen molar-refractivity contribution >= 4 is 5.91 Å². The highest BCUT2D eigenvalue weighted by molar-refractivity contribution is 5.78. The maximum Gasteiger partial charge on any atom is 0.234 e. The summed E-state index contributed by atoms with van der Waals surface area (Å²) in [6.07, 6.45) is 0.504. The lowest BCUT2D eigenvalue weighted by Gasteiger charge is -2.17. The number of likely N-dealkylation sites (tertiary alicyclic amines) is 1. The van der Waals surface area contributed by atoms with Gasteiger partial charge in [0.1, 0.15) is 0 Å². The number of carbonyl (C=O) groups is 1. The highest BCUT2D eigenvalue weighted by Gasteiger charge is 2.21. The Morgan fingerprint density at radius 1 is 1.47 bits per heavy atom. The van der Waals surface area contributed by atoms with Crippen LogP contribution >= 0.6 is 0 Å². The van der Waals surface area contributed by atoms with Gasteiger partial charge in [0, 0.05) is 19.6 Å². The molecule has 2 atom stereocenters. The average molecular weight is 262 g/mol. The fourth-order valence-corrected chi connectivity index (χ4v) is 2.38. The average Bonchev–Trinajstić information content (AvgIpc) is 2.82. The van der Waals surface area contributed by atoms with E-state index < -0.39 is 0 Å². The lowest BCUT2D eigenvalue weighted by Crippen LogP contribution is -2.37. The molecule has 19 heavy (non-hydrogen) atoms. The molecule has 0 saturated carbocycles. The van der Waals surface area contributed by atoms with Crippen LogP contribution in [0.1, 0.15) is 24.8 Å². The van der Waals surface area contributed by atoms with Gasteiger partial charge < -0.3 is 10.4 Å². The molecule has 2 rings (SSSR count). The van der Waals surface area contributed by atoms with E-state index in [1.54, 1.807) is 0 Å². The predicted octanol–water partition coefficient (Wildman–Crippen LogP) is 0.973. The molecule has 1 amide bonds. The van der Waals surface area contributed by atoms with Crippen molar-refractivity contribution in [3.8, 4) is 0 Å². The summed E-state index contributed by atoms with van der Waals surface area (Å²) in [4.78, 5) is 13.8. The number of rotatable bonds is 5. The molecule has 1 saturated heterocycles. The maximum absolute atomic E-state index is 11.8. The van der Waals surface area contributed by atoms with Gasteiger partial charge in [0.25, 0.3) is 0 Å². The zero-order chi connectivity index (χ0) is 13.7. The van der Waals surface area contributed by atoms with Crippen LogP contribution in [0.2, 0.25) is 0 Å². The first-order valence-electron chi connectivity index (χ1n) is 6.87. The van der Waals surface area contributed by atoms with Crippen LogP contribution in [0.25, 0.3) is 0 Å². The molecule has 1 aliphatic heterocycles. The second-order valence-electron chi connectivity index (χ2n) is 5.29. The minimum Gasteiger partial charge on any atom is -0.392 e. The number of benzene rings is 1. The van der Waals surface area contributed by atoms with Crippen LogP contribution < -0.4 is 5.32 Å². The smallest absolute Gasteiger partial charge is 0.234 e. The molecule has 0 spiro atoms. The Hall–Kier alpha value is -1.39. The van der Waals surface area contributed by atoms with Gasteiger partial charge in [0.05, 0.1) is 12.6 Å². The second kappa shape index (κ2) is 6.68. The number of β-amino-alcohol motifs (C(OH)–C–C–N with tert-alkyl or cyclic N) is 1. The van der Waals surface area contributed by atoms with E-state index in [9.17, 15) is 9.90 Å². The van der Waals surface area contributed by atoms with Crippen LogP contribution in [-0.2, 0) is 4.79 Å². The van der Waals surface area contributed by atoms with Crippen molar-refractivity contribution in [3.05, 3.63) is 35.9 Å². The molecule has 0 bridgehead atoms. The first-order valence-corrected chi connectivity index (χ1v) is 6.87. The Balaban J connectivity index is 1.71. The third kappa shape index (κ3) is 4.33. The van der Waals surface area contributed by atoms with Gasteiger partial charge in [-0.2, -0.15) is 0 Å². The van der Waals surface area contributed by atoms with Crippen molar-refractivity contribution in [3.63, 3.8) is 0 Å². The molecular formula is C15H22N2O2. The van der Waals surface area contributed by atoms with Gasteiger partial charge in [-0.05, 0) is 17.9 Å². The third-order valence-electron chi connectivity index (χ3n) is 3.59. The Morgan fingerprint density at radius 3 is 2.84 bits per heavy atom. The molecule has 104 valence electrons. The normalized spacial score (nSPS) is 21.3. The number of aliphatic hydroxyl groups is 1. The summed E-state index contributed by atoms with van der Waals surface area (Å²) >= 11 is 0. The Labute approximate surface area is 114 Å². The van der Waals surface area contributed by atoms with Crippen molar-refractivity contribution in [1.82, 2.24) is 10.2 Å². The summed E-state index contributed by atoms with van der Waals surface area (Å²) in [6.45, 7) is 4.57. The van der Waals surface area contributed by atoms with E-state index in [1.807, 2.05) is 23.1 Å². The zero-order valence-corrected chi connectivity index (χ0v) is 11.4. The summed E-state index contributed by atoms with van der Waals surface area (Å²) in [7, 11) is 0. The van der Waals surface area contributed by atoms with Gasteiger partial charge in [0.15, 0.2) is 0 Å². The van der Waals surface area contributed by atoms with E-state index >= 15 is 0 Å². The Bertz CT molecular complexity index is 408. The summed E-state index contributed by atoms with van der Waals surface area (Å²) < 4.78 is 0. The fourth-order valence-electron chi connectivity index (χ4n) is 2.38. The molecule has 0 radical (unpaired) electrons. The number of hydrogen-bond donors (Lipinski definition) is 2. The lowest BCUT2D eigenvalue weighted by atomic mass is 10.0. The highest BCUT2D eigenvalue weighted by atomic mass is 16.3. The van der Waals surface area contributed by atoms with Crippen LogP contribution in [0.3, 0.4) is 0 Å². The summed E-state index contributed by atoms with van der Waals surface area (Å²) in [6, 6.07) is 10.2. The molecule has 1 aliphatic rings. The van der Waals surface area contributed by atoms with Crippen LogP contribution in [0.4, 0.5) is 0 Å². The van der Waals surface area contributed by atoms with Crippen molar-refractivity contribution in [2.45, 2.75) is 25.4 Å². The van der Waals surface area contributed by atoms with E-state index in [4.69, 9.17) is 0 Å². The van der Waals surface area contributed by atoms with Crippen molar-refractivity contribution in [1.29, 1.82) is 0 Å². The van der Waals surface area contributed by atoms with E-state index in [0.717, 1.165) is 13.0 Å². The molecular weight excluding hydrogens is 240 g/mol. The highest BCUT2D eigenvalue weighted by Crippen LogP contribution is 2.13. The first kappa shape index (κ1) is 14.0. The van der Waals surface area contributed by atoms with E-state index in [2.05, 4.69) is 24.4 Å². The number of nitrogens with one attached hydrogen (secondary N) is 1. The first-order chi connectivity index (χ1) is 9.15. The summed E-state index contributed by atoms with van der Waals surface area (Å²) in [5.74, 6) is 0.353. The monoisotopic (exact) mass is 262 g/mol. The molecule has 1 fully saturated rings. The Kier molecular flexibility index (Phi) is 4.93. The van der Waals surface area contributed by atoms with Crippen molar-refractivity contribution in [2.75, 3.05) is 26.2 Å². The summed E-state index contributed by atoms with van der Waals surface area (Å²) in [5, 5.41) is 12.4. The van der Waals surface area contributed by atoms with Crippen molar-refractivity contribution in [2.24, 2.45) is 0 Å². The molecule has 0 aromatic heterocycles. The molecule has 4 heteroatoms. The molecule has 2 N–H and O–H groups in total. The molecule has 0 aliphatic carbocycles. The van der Waals surface area contributed by atoms with Crippen LogP contribution in [0.5, 0.6) is 0 Å². The standard InChI is InChI=1S/C15H22N2O2/c1-12(13-5-3-2-4-6-13)9-16-15(19)11-17-8-7-14(18)10-17/h2-6,12,14,18H,7-11H2,1H3,(H,16,19). The largest absolute Gasteiger partial charge is 0.392 e. The van der Waals surface area contributed by atoms with E-state index in [-0.39, 0.29) is 12.0 Å². The van der Waals surface area contributed by atoms with Gasteiger partial charge in [-0.15, -0.1) is 0 Å². The van der Waals surface area contributed by atoms with Gasteiger partial charge >= 0.3 is 0 Å². The molecule has 1 heterocycles. The van der Waals surface area contributed by atoms with E-state index in [1.165, 1.54) is 5.56 Å². The predicted molar refractivity (Wildman–Crippen MR) is 74.9 cm³/mol. The number of hydrogen-bond acceptors (Lipinski definition) is 3. The molecule has 4 nitrogen and oxygen atoms in total. The number of nitrogens with zero attached hydrogens (tertiary/aromatic N) is 1. The minimum atomic E-state index is -0.268. The molecule has 2 unspecified atom stereocenters. The molecule has 1 aromatic carbocycles. The second-order valence-corrected chi connectivity index (χ2v) is 5.29. The number of carbonyl (C=O) groups excluding carboxylic acids is 1. The number of aliphatic hydroxyl groups excluding tert-OH is 1. The van der Waals surface area contributed by atoms with Crippen LogP contribution in [0.15, 0.2) is 30.3 Å². The van der Waals surface area contributed by atoms with Gasteiger partial charge in [-0.25, -0.2) is 0 Å². The molecule has 1 aromatic rings. The quantitative estimate of drug-likeness (QED) is 0.831. The fraction of sp³-hybridized carbons (Fsp3) is 0.533. The summed E-state index contributed by atoms with van der Waals surface area (Å²) in [5.41, 5.74) is 1.24. The van der Waals surface area contributed by atoms with Gasteiger partial charge in [-0.1, -0.05) is 37.3 Å². The zero-order valence-electron chi connectivity index (χ0n) is 11.4. The third-order valence-corrected chi connectivity index (χ3v) is 3.59. The maximum atomic E-state index is 11.8.